The van der Waals surface area contributed by atoms with Crippen molar-refractivity contribution >= 4 is 34.9 Å². The van der Waals surface area contributed by atoms with Gasteiger partial charge in [-0.25, -0.2) is 10.4 Å². The number of hydrazone groups is 1. The predicted octanol–water partition coefficient (Wildman–Crippen LogP) is 3.74. The number of benzene rings is 3. The zero-order chi connectivity index (χ0) is 21.6. The molecule has 7 nitrogen and oxygen atoms in total. The van der Waals surface area contributed by atoms with Gasteiger partial charge in [-0.2, -0.15) is 5.10 Å². The molecular weight excluding hydrogens is 412 g/mol. The smallest absolute Gasteiger partial charge is 0.250 e. The van der Waals surface area contributed by atoms with Gasteiger partial charge in [0.25, 0.3) is 5.91 Å². The zero-order valence-corrected chi connectivity index (χ0v) is 17.3. The average Bonchev–Trinajstić information content (AvgIpc) is 3.13. The van der Waals surface area contributed by atoms with Crippen LogP contribution in [0.25, 0.3) is 11.0 Å². The summed E-state index contributed by atoms with van der Waals surface area (Å²) in [6.45, 7) is 0.661. The number of rotatable bonds is 7. The Morgan fingerprint density at radius 2 is 1.81 bits per heavy atom. The Labute approximate surface area is 183 Å². The summed E-state index contributed by atoms with van der Waals surface area (Å²) < 4.78 is 2.10. The van der Waals surface area contributed by atoms with E-state index in [9.17, 15) is 15.0 Å². The van der Waals surface area contributed by atoms with E-state index in [4.69, 9.17) is 0 Å². The maximum absolute atomic E-state index is 12.2. The van der Waals surface area contributed by atoms with Crippen LogP contribution >= 0.6 is 11.8 Å². The van der Waals surface area contributed by atoms with Gasteiger partial charge in [0, 0.05) is 0 Å². The van der Waals surface area contributed by atoms with Gasteiger partial charge >= 0.3 is 0 Å². The first-order valence-electron chi connectivity index (χ1n) is 9.56. The molecule has 0 saturated carbocycles. The first kappa shape index (κ1) is 20.5. The van der Waals surface area contributed by atoms with Crippen LogP contribution in [0, 0.1) is 0 Å². The highest BCUT2D eigenvalue weighted by Crippen LogP contribution is 2.25. The van der Waals surface area contributed by atoms with Crippen molar-refractivity contribution in [3.05, 3.63) is 83.9 Å². The van der Waals surface area contributed by atoms with Crippen molar-refractivity contribution in [1.82, 2.24) is 15.0 Å². The number of phenolic OH excluding ortho intramolecular Hbond substituents is 2. The first-order chi connectivity index (χ1) is 15.1. The third-order valence-corrected chi connectivity index (χ3v) is 5.51. The number of fused-ring (bicyclic) bond motifs is 1. The molecule has 31 heavy (non-hydrogen) atoms. The van der Waals surface area contributed by atoms with E-state index in [1.165, 1.54) is 30.1 Å². The second-order valence-electron chi connectivity index (χ2n) is 6.78. The molecule has 0 fully saturated rings. The van der Waals surface area contributed by atoms with E-state index in [0.717, 1.165) is 21.8 Å². The number of nitrogens with one attached hydrogen (secondary N) is 1. The minimum atomic E-state index is -0.275. The molecule has 0 radical (unpaired) electrons. The molecule has 0 unspecified atom stereocenters. The fraction of sp³-hybridized carbons (Fsp3) is 0.0870. The predicted molar refractivity (Wildman–Crippen MR) is 122 cm³/mol. The van der Waals surface area contributed by atoms with Crippen LogP contribution in [0.4, 0.5) is 0 Å². The summed E-state index contributed by atoms with van der Waals surface area (Å²) in [5.41, 5.74) is 6.06. The molecule has 0 spiro atoms. The highest BCUT2D eigenvalue weighted by atomic mass is 32.2. The van der Waals surface area contributed by atoms with Gasteiger partial charge in [0.05, 0.1) is 29.5 Å². The van der Waals surface area contributed by atoms with E-state index in [1.54, 1.807) is 6.07 Å². The van der Waals surface area contributed by atoms with Crippen molar-refractivity contribution in [3.63, 3.8) is 0 Å². The van der Waals surface area contributed by atoms with Crippen LogP contribution in [0.15, 0.2) is 83.1 Å². The average molecular weight is 433 g/mol. The number of thioether (sulfide) groups is 1. The Kier molecular flexibility index (Phi) is 6.18. The molecule has 156 valence electrons. The maximum Gasteiger partial charge on any atom is 0.250 e. The number of para-hydroxylation sites is 2. The van der Waals surface area contributed by atoms with Gasteiger partial charge in [-0.3, -0.25) is 4.79 Å². The number of amides is 1. The molecule has 0 aliphatic rings. The maximum atomic E-state index is 12.2. The Hall–Kier alpha value is -3.78. The molecule has 8 heteroatoms. The molecule has 3 N–H and O–H groups in total. The fourth-order valence-electron chi connectivity index (χ4n) is 3.04. The summed E-state index contributed by atoms with van der Waals surface area (Å²) in [5, 5.41) is 23.5. The summed E-state index contributed by atoms with van der Waals surface area (Å²) in [6, 6.07) is 22.3. The molecule has 1 amide bonds. The molecule has 4 rings (SSSR count). The van der Waals surface area contributed by atoms with Crippen LogP contribution in [0.2, 0.25) is 0 Å². The largest absolute Gasteiger partial charge is 0.504 e. The van der Waals surface area contributed by atoms with E-state index in [-0.39, 0.29) is 23.2 Å². The summed E-state index contributed by atoms with van der Waals surface area (Å²) in [6.07, 6.45) is 1.40. The zero-order valence-electron chi connectivity index (χ0n) is 16.5. The van der Waals surface area contributed by atoms with Crippen molar-refractivity contribution in [1.29, 1.82) is 0 Å². The van der Waals surface area contributed by atoms with E-state index in [2.05, 4.69) is 32.2 Å². The molecule has 0 aliphatic heterocycles. The monoisotopic (exact) mass is 432 g/mol. The van der Waals surface area contributed by atoms with E-state index in [0.29, 0.717) is 12.1 Å². The lowest BCUT2D eigenvalue weighted by atomic mass is 10.2. The van der Waals surface area contributed by atoms with Crippen molar-refractivity contribution in [3.8, 4) is 11.5 Å². The third kappa shape index (κ3) is 5.04. The van der Waals surface area contributed by atoms with E-state index >= 15 is 0 Å². The quantitative estimate of drug-likeness (QED) is 0.179. The van der Waals surface area contributed by atoms with Gasteiger partial charge in [-0.1, -0.05) is 54.2 Å². The molecule has 0 bridgehead atoms. The second kappa shape index (κ2) is 9.36. The lowest BCUT2D eigenvalue weighted by Gasteiger charge is -2.09. The van der Waals surface area contributed by atoms with Gasteiger partial charge in [-0.15, -0.1) is 0 Å². The van der Waals surface area contributed by atoms with Gasteiger partial charge in [0.15, 0.2) is 16.7 Å². The molecule has 4 aromatic rings. The van der Waals surface area contributed by atoms with Crippen molar-refractivity contribution < 1.29 is 15.0 Å². The van der Waals surface area contributed by atoms with Crippen LogP contribution in [0.1, 0.15) is 11.1 Å². The summed E-state index contributed by atoms with van der Waals surface area (Å²) in [5.74, 6) is -0.585. The number of phenols is 2. The standard InChI is InChI=1S/C23H20N4O3S/c28-20-11-10-17(12-21(20)29)13-24-26-22(30)15-31-23-25-18-8-4-5-9-19(18)27(23)14-16-6-2-1-3-7-16/h1-13,28-29H,14-15H2,(H,26,30)/b24-13-. The Bertz CT molecular complexity index is 1240. The molecular formula is C23H20N4O3S. The highest BCUT2D eigenvalue weighted by Gasteiger charge is 2.13. The van der Waals surface area contributed by atoms with Gasteiger partial charge < -0.3 is 14.8 Å². The third-order valence-electron chi connectivity index (χ3n) is 4.54. The Morgan fingerprint density at radius 3 is 2.61 bits per heavy atom. The molecule has 3 aromatic carbocycles. The number of hydrogen-bond donors (Lipinski definition) is 3. The minimum absolute atomic E-state index is 0.149. The summed E-state index contributed by atoms with van der Waals surface area (Å²) in [7, 11) is 0. The first-order valence-corrected chi connectivity index (χ1v) is 10.5. The number of aromatic nitrogens is 2. The number of hydrogen-bond acceptors (Lipinski definition) is 6. The molecule has 0 saturated heterocycles. The van der Waals surface area contributed by atoms with Crippen molar-refractivity contribution in [2.24, 2.45) is 5.10 Å². The van der Waals surface area contributed by atoms with Gasteiger partial charge in [-0.05, 0) is 41.5 Å². The van der Waals surface area contributed by atoms with E-state index < -0.39 is 0 Å². The Morgan fingerprint density at radius 1 is 1.03 bits per heavy atom. The Balaban J connectivity index is 1.43. The highest BCUT2D eigenvalue weighted by molar-refractivity contribution is 7.99. The fourth-order valence-corrected chi connectivity index (χ4v) is 3.85. The van der Waals surface area contributed by atoms with Crippen LogP contribution in [0.5, 0.6) is 11.5 Å². The lowest BCUT2D eigenvalue weighted by Crippen LogP contribution is -2.20. The van der Waals surface area contributed by atoms with Crippen molar-refractivity contribution in [2.75, 3.05) is 5.75 Å². The normalized spacial score (nSPS) is 11.2. The number of aromatic hydroxyl groups is 2. The number of nitrogens with zero attached hydrogens (tertiary/aromatic N) is 3. The van der Waals surface area contributed by atoms with Crippen LogP contribution in [-0.2, 0) is 11.3 Å². The number of carbonyl (C=O) groups is 1. The molecule has 1 aromatic heterocycles. The van der Waals surface area contributed by atoms with Gasteiger partial charge in [0.1, 0.15) is 0 Å². The number of carbonyl (C=O) groups excluding carboxylic acids is 1. The van der Waals surface area contributed by atoms with Crippen LogP contribution in [-0.4, -0.2) is 37.6 Å². The SMILES string of the molecule is O=C(CSc1nc2ccccc2n1Cc1ccccc1)N/N=C\c1ccc(O)c(O)c1. The number of imidazole rings is 1. The topological polar surface area (TPSA) is 99.7 Å². The van der Waals surface area contributed by atoms with Crippen LogP contribution < -0.4 is 5.43 Å². The second-order valence-corrected chi connectivity index (χ2v) is 7.73. The van der Waals surface area contributed by atoms with Crippen LogP contribution in [0.3, 0.4) is 0 Å². The van der Waals surface area contributed by atoms with Gasteiger partial charge in [0.2, 0.25) is 0 Å². The van der Waals surface area contributed by atoms with E-state index in [1.807, 2.05) is 42.5 Å². The molecule has 0 atom stereocenters. The molecule has 1 heterocycles. The minimum Gasteiger partial charge on any atom is -0.504 e. The summed E-state index contributed by atoms with van der Waals surface area (Å²) >= 11 is 1.34. The lowest BCUT2D eigenvalue weighted by molar-refractivity contribution is -0.118. The summed E-state index contributed by atoms with van der Waals surface area (Å²) in [4.78, 5) is 16.9. The molecule has 0 aliphatic carbocycles. The van der Waals surface area contributed by atoms with Crippen molar-refractivity contribution in [2.45, 2.75) is 11.7 Å².